The summed E-state index contributed by atoms with van der Waals surface area (Å²) in [6.07, 6.45) is 8.04. The fourth-order valence-corrected chi connectivity index (χ4v) is 5.95. The van der Waals surface area contributed by atoms with E-state index in [1.165, 1.54) is 38.7 Å². The van der Waals surface area contributed by atoms with E-state index in [9.17, 15) is 9.59 Å². The van der Waals surface area contributed by atoms with Gasteiger partial charge in [0.2, 0.25) is 0 Å². The number of benzene rings is 1. The molecule has 1 aromatic rings. The monoisotopic (exact) mass is 398 g/mol. The van der Waals surface area contributed by atoms with Crippen LogP contribution in [0.5, 0.6) is 11.5 Å². The van der Waals surface area contributed by atoms with Gasteiger partial charge in [-0.2, -0.15) is 0 Å². The van der Waals surface area contributed by atoms with E-state index >= 15 is 0 Å². The molecule has 3 rings (SSSR count). The van der Waals surface area contributed by atoms with Gasteiger partial charge in [0, 0.05) is 13.8 Å². The van der Waals surface area contributed by atoms with Crippen LogP contribution < -0.4 is 9.47 Å². The highest BCUT2D eigenvalue weighted by Gasteiger charge is 2.51. The van der Waals surface area contributed by atoms with Gasteiger partial charge in [-0.3, -0.25) is 9.59 Å². The standard InChI is InChI=1S/C25H34O4/c1-16-8-11-23-24(4,5)12-7-13-25(23,6)21(16)15-19-14-20(28-17(2)26)9-10-22(19)29-18(3)27/h8-10,14,21,23H,7,11-13,15H2,1-6H3/t21-,23-,25+/m0/s1. The molecule has 0 radical (unpaired) electrons. The lowest BCUT2D eigenvalue weighted by atomic mass is 9.48. The Morgan fingerprint density at radius 3 is 2.41 bits per heavy atom. The minimum atomic E-state index is -0.356. The summed E-state index contributed by atoms with van der Waals surface area (Å²) in [5.41, 5.74) is 2.85. The lowest BCUT2D eigenvalue weighted by molar-refractivity contribution is -0.133. The van der Waals surface area contributed by atoms with Gasteiger partial charge in [-0.15, -0.1) is 0 Å². The number of rotatable bonds is 4. The third-order valence-electron chi connectivity index (χ3n) is 7.27. The molecule has 0 aliphatic heterocycles. The van der Waals surface area contributed by atoms with Crippen LogP contribution in [0, 0.1) is 22.7 Å². The highest BCUT2D eigenvalue weighted by atomic mass is 16.5. The lowest BCUT2D eigenvalue weighted by Crippen LogP contribution is -2.49. The maximum absolute atomic E-state index is 11.6. The summed E-state index contributed by atoms with van der Waals surface area (Å²) in [6.45, 7) is 12.3. The van der Waals surface area contributed by atoms with Crippen LogP contribution in [-0.2, 0) is 16.0 Å². The summed E-state index contributed by atoms with van der Waals surface area (Å²) in [6, 6.07) is 5.27. The summed E-state index contributed by atoms with van der Waals surface area (Å²) < 4.78 is 10.8. The van der Waals surface area contributed by atoms with Crippen LogP contribution in [0.4, 0.5) is 0 Å². The average Bonchev–Trinajstić information content (AvgIpc) is 2.58. The topological polar surface area (TPSA) is 52.6 Å². The van der Waals surface area contributed by atoms with Crippen molar-refractivity contribution < 1.29 is 19.1 Å². The summed E-state index contributed by atoms with van der Waals surface area (Å²) in [4.78, 5) is 23.1. The molecule has 0 saturated heterocycles. The first-order chi connectivity index (χ1) is 13.5. The van der Waals surface area contributed by atoms with Crippen LogP contribution in [-0.4, -0.2) is 11.9 Å². The van der Waals surface area contributed by atoms with Crippen molar-refractivity contribution in [2.45, 2.75) is 73.6 Å². The molecule has 29 heavy (non-hydrogen) atoms. The zero-order valence-electron chi connectivity index (χ0n) is 18.6. The van der Waals surface area contributed by atoms with Crippen LogP contribution in [0.15, 0.2) is 29.8 Å². The first kappa shape index (κ1) is 21.6. The SMILES string of the molecule is CC(=O)Oc1ccc(OC(C)=O)c(C[C@H]2C(C)=CC[C@H]3C(C)(C)CCC[C@]23C)c1. The molecule has 1 saturated carbocycles. The van der Waals surface area contributed by atoms with Gasteiger partial charge in [0.1, 0.15) is 11.5 Å². The quantitative estimate of drug-likeness (QED) is 0.361. The molecule has 3 atom stereocenters. The Morgan fingerprint density at radius 1 is 1.07 bits per heavy atom. The Hall–Kier alpha value is -2.10. The Kier molecular flexibility index (Phi) is 5.93. The first-order valence-corrected chi connectivity index (χ1v) is 10.7. The molecule has 1 aromatic carbocycles. The maximum atomic E-state index is 11.6. The summed E-state index contributed by atoms with van der Waals surface area (Å²) in [7, 11) is 0. The Bertz CT molecular complexity index is 835. The molecular weight excluding hydrogens is 364 g/mol. The number of fused-ring (bicyclic) bond motifs is 1. The van der Waals surface area contributed by atoms with Crippen molar-refractivity contribution in [3.8, 4) is 11.5 Å². The fourth-order valence-electron chi connectivity index (χ4n) is 5.95. The van der Waals surface area contributed by atoms with Gasteiger partial charge in [-0.05, 0) is 79.0 Å². The second-order valence-electron chi connectivity index (χ2n) is 9.80. The molecule has 2 aliphatic carbocycles. The number of allylic oxidation sites excluding steroid dienone is 2. The highest BCUT2D eigenvalue weighted by molar-refractivity contribution is 5.71. The van der Waals surface area contributed by atoms with Crippen molar-refractivity contribution in [1.82, 2.24) is 0 Å². The smallest absolute Gasteiger partial charge is 0.308 e. The highest BCUT2D eigenvalue weighted by Crippen LogP contribution is 2.60. The van der Waals surface area contributed by atoms with Crippen LogP contribution in [0.3, 0.4) is 0 Å². The van der Waals surface area contributed by atoms with E-state index in [1.54, 1.807) is 12.1 Å². The molecule has 158 valence electrons. The van der Waals surface area contributed by atoms with Crippen LogP contribution in [0.2, 0.25) is 0 Å². The van der Waals surface area contributed by atoms with Gasteiger partial charge in [0.25, 0.3) is 0 Å². The third-order valence-corrected chi connectivity index (χ3v) is 7.27. The number of esters is 2. The van der Waals surface area contributed by atoms with E-state index in [0.29, 0.717) is 28.7 Å². The van der Waals surface area contributed by atoms with E-state index in [2.05, 4.69) is 33.8 Å². The number of carbonyl (C=O) groups is 2. The molecule has 4 nitrogen and oxygen atoms in total. The van der Waals surface area contributed by atoms with Gasteiger partial charge in [0.15, 0.2) is 0 Å². The number of carbonyl (C=O) groups excluding carboxylic acids is 2. The van der Waals surface area contributed by atoms with Crippen molar-refractivity contribution in [3.63, 3.8) is 0 Å². The Morgan fingerprint density at radius 2 is 1.76 bits per heavy atom. The predicted molar refractivity (Wildman–Crippen MR) is 114 cm³/mol. The van der Waals surface area contributed by atoms with Crippen molar-refractivity contribution in [1.29, 1.82) is 0 Å². The molecule has 2 aliphatic rings. The summed E-state index contributed by atoms with van der Waals surface area (Å²) in [5.74, 6) is 1.35. The molecule has 0 unspecified atom stereocenters. The lowest BCUT2D eigenvalue weighted by Gasteiger charge is -2.57. The largest absolute Gasteiger partial charge is 0.427 e. The molecule has 0 aromatic heterocycles. The van der Waals surface area contributed by atoms with Crippen LogP contribution in [0.25, 0.3) is 0 Å². The molecule has 0 heterocycles. The molecule has 0 bridgehead atoms. The zero-order chi connectivity index (χ0) is 21.4. The Labute approximate surface area is 174 Å². The van der Waals surface area contributed by atoms with E-state index in [4.69, 9.17) is 9.47 Å². The molecule has 0 amide bonds. The third kappa shape index (κ3) is 4.41. The zero-order valence-corrected chi connectivity index (χ0v) is 18.6. The maximum Gasteiger partial charge on any atom is 0.308 e. The van der Waals surface area contributed by atoms with Crippen LogP contribution in [0.1, 0.15) is 72.8 Å². The van der Waals surface area contributed by atoms with Gasteiger partial charge >= 0.3 is 11.9 Å². The fraction of sp³-hybridized carbons (Fsp3) is 0.600. The van der Waals surface area contributed by atoms with Crippen molar-refractivity contribution in [2.75, 3.05) is 0 Å². The molecule has 4 heteroatoms. The summed E-state index contributed by atoms with van der Waals surface area (Å²) in [5, 5.41) is 0. The van der Waals surface area contributed by atoms with Crippen molar-refractivity contribution >= 4 is 11.9 Å². The van der Waals surface area contributed by atoms with Gasteiger partial charge < -0.3 is 9.47 Å². The van der Waals surface area contributed by atoms with Crippen molar-refractivity contribution in [2.24, 2.45) is 22.7 Å². The average molecular weight is 399 g/mol. The minimum Gasteiger partial charge on any atom is -0.427 e. The van der Waals surface area contributed by atoms with E-state index in [-0.39, 0.29) is 17.4 Å². The summed E-state index contributed by atoms with van der Waals surface area (Å²) >= 11 is 0. The second kappa shape index (κ2) is 7.97. The van der Waals surface area contributed by atoms with Gasteiger partial charge in [-0.25, -0.2) is 0 Å². The van der Waals surface area contributed by atoms with E-state index in [1.807, 2.05) is 6.07 Å². The predicted octanol–water partition coefficient (Wildman–Crippen LogP) is 5.88. The first-order valence-electron chi connectivity index (χ1n) is 10.7. The van der Waals surface area contributed by atoms with E-state index in [0.717, 1.165) is 18.4 Å². The number of hydrogen-bond acceptors (Lipinski definition) is 4. The molecule has 1 fully saturated rings. The normalized spacial score (nSPS) is 28.1. The Balaban J connectivity index is 2.00. The number of ether oxygens (including phenoxy) is 2. The molecule has 0 spiro atoms. The van der Waals surface area contributed by atoms with Gasteiger partial charge in [-0.1, -0.05) is 38.8 Å². The van der Waals surface area contributed by atoms with Crippen molar-refractivity contribution in [3.05, 3.63) is 35.4 Å². The number of hydrogen-bond donors (Lipinski definition) is 0. The minimum absolute atomic E-state index is 0.200. The van der Waals surface area contributed by atoms with Crippen LogP contribution >= 0.6 is 0 Å². The van der Waals surface area contributed by atoms with Gasteiger partial charge in [0.05, 0.1) is 0 Å². The molecule has 0 N–H and O–H groups in total. The molecular formula is C25H34O4. The second-order valence-corrected chi connectivity index (χ2v) is 9.80. The van der Waals surface area contributed by atoms with E-state index < -0.39 is 0 Å².